The van der Waals surface area contributed by atoms with Crippen molar-refractivity contribution in [1.29, 1.82) is 0 Å². The van der Waals surface area contributed by atoms with Gasteiger partial charge in [0, 0.05) is 0 Å². The molecule has 0 fully saturated rings. The monoisotopic (exact) mass is 296 g/mol. The van der Waals surface area contributed by atoms with Crippen molar-refractivity contribution in [3.63, 3.8) is 0 Å². The average Bonchev–Trinajstić information content (AvgIpc) is 2.52. The number of unbranched alkanes of at least 4 members (excludes halogenated alkanes) is 2. The van der Waals surface area contributed by atoms with Crippen molar-refractivity contribution in [3.8, 4) is 0 Å². The molecule has 0 aliphatic heterocycles. The van der Waals surface area contributed by atoms with E-state index in [1.54, 1.807) is 0 Å². The molecule has 21 heavy (non-hydrogen) atoms. The second kappa shape index (κ2) is 9.90. The van der Waals surface area contributed by atoms with E-state index in [1.807, 2.05) is 0 Å². The fraction of sp³-hybridized carbons (Fsp3) is 1.00. The predicted octanol–water partition coefficient (Wildman–Crippen LogP) is 7.86. The summed E-state index contributed by atoms with van der Waals surface area (Å²) in [6, 6.07) is 0. The summed E-state index contributed by atoms with van der Waals surface area (Å²) in [7, 11) is 0. The molecule has 0 heteroatoms. The summed E-state index contributed by atoms with van der Waals surface area (Å²) in [6.45, 7) is 19.4. The van der Waals surface area contributed by atoms with Crippen molar-refractivity contribution in [1.82, 2.24) is 0 Å². The van der Waals surface area contributed by atoms with Gasteiger partial charge in [0.05, 0.1) is 0 Å². The molecular formula is C21H44. The Kier molecular flexibility index (Phi) is 9.90. The van der Waals surface area contributed by atoms with Crippen LogP contribution in [0.3, 0.4) is 0 Å². The van der Waals surface area contributed by atoms with E-state index in [-0.39, 0.29) is 0 Å². The van der Waals surface area contributed by atoms with E-state index in [4.69, 9.17) is 0 Å². The van der Waals surface area contributed by atoms with Crippen LogP contribution in [0.4, 0.5) is 0 Å². The van der Waals surface area contributed by atoms with E-state index in [1.165, 1.54) is 57.8 Å². The maximum Gasteiger partial charge on any atom is -0.0303 e. The minimum absolute atomic E-state index is 0.569. The van der Waals surface area contributed by atoms with Gasteiger partial charge in [0.15, 0.2) is 0 Å². The van der Waals surface area contributed by atoms with E-state index in [0.717, 1.165) is 11.8 Å². The lowest BCUT2D eigenvalue weighted by Gasteiger charge is -2.36. The molecule has 0 heterocycles. The highest BCUT2D eigenvalue weighted by molar-refractivity contribution is 4.80. The molecule has 0 spiro atoms. The Hall–Kier alpha value is 0. The van der Waals surface area contributed by atoms with Gasteiger partial charge >= 0.3 is 0 Å². The molecule has 0 aromatic carbocycles. The van der Waals surface area contributed by atoms with Crippen molar-refractivity contribution in [2.45, 2.75) is 113 Å². The zero-order valence-electron chi connectivity index (χ0n) is 16.5. The second-order valence-electron chi connectivity index (χ2n) is 8.19. The summed E-state index contributed by atoms with van der Waals surface area (Å²) in [5.41, 5.74) is 1.14. The van der Waals surface area contributed by atoms with Crippen LogP contribution in [0, 0.1) is 22.7 Å². The Morgan fingerprint density at radius 1 is 0.619 bits per heavy atom. The Labute approximate surface area is 136 Å². The van der Waals surface area contributed by atoms with E-state index in [2.05, 4.69) is 55.4 Å². The van der Waals surface area contributed by atoms with Gasteiger partial charge in [-0.1, -0.05) is 100 Å². The SMILES string of the molecule is CCC(C)C(C)(CC)CCCCCC(C)(CC)C(C)CC. The van der Waals surface area contributed by atoms with Crippen LogP contribution in [0.5, 0.6) is 0 Å². The average molecular weight is 297 g/mol. The molecule has 0 saturated carbocycles. The molecule has 4 atom stereocenters. The first-order valence-electron chi connectivity index (χ1n) is 9.79. The maximum absolute atomic E-state index is 2.51. The molecule has 0 aliphatic rings. The summed E-state index contributed by atoms with van der Waals surface area (Å²) in [6.07, 6.45) is 12.4. The molecule has 128 valence electrons. The Bertz CT molecular complexity index is 231. The van der Waals surface area contributed by atoms with Crippen LogP contribution in [0.15, 0.2) is 0 Å². The number of rotatable bonds is 12. The van der Waals surface area contributed by atoms with Crippen molar-refractivity contribution in [2.75, 3.05) is 0 Å². The molecular weight excluding hydrogens is 252 g/mol. The summed E-state index contributed by atoms with van der Waals surface area (Å²) in [4.78, 5) is 0. The van der Waals surface area contributed by atoms with E-state index < -0.39 is 0 Å². The fourth-order valence-electron chi connectivity index (χ4n) is 3.76. The number of hydrogen-bond donors (Lipinski definition) is 0. The van der Waals surface area contributed by atoms with Crippen LogP contribution in [0.2, 0.25) is 0 Å². The third kappa shape index (κ3) is 6.33. The normalized spacial score (nSPS) is 20.6. The lowest BCUT2D eigenvalue weighted by Crippen LogP contribution is -2.25. The first-order valence-corrected chi connectivity index (χ1v) is 9.79. The quantitative estimate of drug-likeness (QED) is 0.321. The van der Waals surface area contributed by atoms with E-state index >= 15 is 0 Å². The van der Waals surface area contributed by atoms with Gasteiger partial charge in [0.25, 0.3) is 0 Å². The first-order chi connectivity index (χ1) is 9.79. The minimum atomic E-state index is 0.569. The third-order valence-corrected chi connectivity index (χ3v) is 7.22. The lowest BCUT2D eigenvalue weighted by atomic mass is 9.70. The molecule has 0 saturated heterocycles. The van der Waals surface area contributed by atoms with Gasteiger partial charge in [-0.25, -0.2) is 0 Å². The van der Waals surface area contributed by atoms with Gasteiger partial charge in [-0.15, -0.1) is 0 Å². The molecule has 0 bridgehead atoms. The van der Waals surface area contributed by atoms with Gasteiger partial charge in [0.1, 0.15) is 0 Å². The molecule has 0 aromatic rings. The van der Waals surface area contributed by atoms with Crippen molar-refractivity contribution >= 4 is 0 Å². The highest BCUT2D eigenvalue weighted by atomic mass is 14.3. The van der Waals surface area contributed by atoms with Gasteiger partial charge in [-0.05, 0) is 35.5 Å². The van der Waals surface area contributed by atoms with Crippen LogP contribution in [0.1, 0.15) is 113 Å². The second-order valence-corrected chi connectivity index (χ2v) is 8.19. The Balaban J connectivity index is 4.15. The van der Waals surface area contributed by atoms with Crippen LogP contribution in [-0.4, -0.2) is 0 Å². The van der Waals surface area contributed by atoms with Gasteiger partial charge in [-0.2, -0.15) is 0 Å². The van der Waals surface area contributed by atoms with Crippen molar-refractivity contribution in [3.05, 3.63) is 0 Å². The third-order valence-electron chi connectivity index (χ3n) is 7.22. The highest BCUT2D eigenvalue weighted by Gasteiger charge is 2.29. The molecule has 0 radical (unpaired) electrons. The molecule has 0 amide bonds. The largest absolute Gasteiger partial charge is 0.0651 e. The Morgan fingerprint density at radius 3 is 1.19 bits per heavy atom. The van der Waals surface area contributed by atoms with Crippen molar-refractivity contribution in [2.24, 2.45) is 22.7 Å². The summed E-state index contributed by atoms with van der Waals surface area (Å²) >= 11 is 0. The zero-order valence-corrected chi connectivity index (χ0v) is 16.5. The minimum Gasteiger partial charge on any atom is -0.0651 e. The standard InChI is InChI=1S/C21H44/c1-9-18(5)20(7,11-3)16-14-13-15-17-21(8,12-4)19(6)10-2/h18-19H,9-17H2,1-8H3. The van der Waals surface area contributed by atoms with Gasteiger partial charge in [0.2, 0.25) is 0 Å². The Morgan fingerprint density at radius 2 is 0.952 bits per heavy atom. The molecule has 0 N–H and O–H groups in total. The van der Waals surface area contributed by atoms with Crippen LogP contribution < -0.4 is 0 Å². The van der Waals surface area contributed by atoms with Gasteiger partial charge in [-0.3, -0.25) is 0 Å². The topological polar surface area (TPSA) is 0 Å². The summed E-state index contributed by atoms with van der Waals surface area (Å²) < 4.78 is 0. The molecule has 0 nitrogen and oxygen atoms in total. The van der Waals surface area contributed by atoms with Crippen LogP contribution in [-0.2, 0) is 0 Å². The fourth-order valence-corrected chi connectivity index (χ4v) is 3.76. The molecule has 0 aromatic heterocycles. The maximum atomic E-state index is 2.51. The van der Waals surface area contributed by atoms with Crippen LogP contribution >= 0.6 is 0 Å². The zero-order chi connectivity index (χ0) is 16.5. The predicted molar refractivity (Wildman–Crippen MR) is 98.8 cm³/mol. The molecule has 0 aliphatic carbocycles. The molecule has 4 unspecified atom stereocenters. The number of hydrogen-bond acceptors (Lipinski definition) is 0. The van der Waals surface area contributed by atoms with Gasteiger partial charge < -0.3 is 0 Å². The molecule has 0 rings (SSSR count). The van der Waals surface area contributed by atoms with E-state index in [0.29, 0.717) is 10.8 Å². The smallest absolute Gasteiger partial charge is 0.0303 e. The summed E-state index contributed by atoms with van der Waals surface area (Å²) in [5.74, 6) is 1.73. The highest BCUT2D eigenvalue weighted by Crippen LogP contribution is 2.40. The first kappa shape index (κ1) is 21.0. The van der Waals surface area contributed by atoms with Crippen molar-refractivity contribution < 1.29 is 0 Å². The lowest BCUT2D eigenvalue weighted by molar-refractivity contribution is 0.151. The van der Waals surface area contributed by atoms with Crippen LogP contribution in [0.25, 0.3) is 0 Å². The summed E-state index contributed by atoms with van der Waals surface area (Å²) in [5, 5.41) is 0. The van der Waals surface area contributed by atoms with E-state index in [9.17, 15) is 0 Å².